The molecule has 0 aliphatic carbocycles. The lowest BCUT2D eigenvalue weighted by molar-refractivity contribution is -0.130. The van der Waals surface area contributed by atoms with Crippen molar-refractivity contribution in [1.82, 2.24) is 9.80 Å². The van der Waals surface area contributed by atoms with Crippen LogP contribution in [0.1, 0.15) is 57.8 Å². The van der Waals surface area contributed by atoms with Crippen LogP contribution in [-0.2, 0) is 17.6 Å². The Morgan fingerprint density at radius 2 is 1.57 bits per heavy atom. The van der Waals surface area contributed by atoms with E-state index in [1.54, 1.807) is 11.3 Å². The maximum Gasteiger partial charge on any atom is 0.263 e. The average molecular weight is 425 g/mol. The first kappa shape index (κ1) is 21.1. The summed E-state index contributed by atoms with van der Waals surface area (Å²) in [4.78, 5) is 30.9. The molecular formula is C25H32N2O2S. The number of amides is 2. The second-order valence-corrected chi connectivity index (χ2v) is 10.0. The van der Waals surface area contributed by atoms with Crippen molar-refractivity contribution in [3.63, 3.8) is 0 Å². The van der Waals surface area contributed by atoms with E-state index in [9.17, 15) is 9.59 Å². The molecule has 0 radical (unpaired) electrons. The van der Waals surface area contributed by atoms with Crippen LogP contribution in [0.3, 0.4) is 0 Å². The van der Waals surface area contributed by atoms with Gasteiger partial charge in [-0.3, -0.25) is 9.59 Å². The Hall–Kier alpha value is -2.14. The molecular weight excluding hydrogens is 392 g/mol. The summed E-state index contributed by atoms with van der Waals surface area (Å²) < 4.78 is 0. The maximum absolute atomic E-state index is 12.6. The Balaban J connectivity index is 1.21. The summed E-state index contributed by atoms with van der Waals surface area (Å²) in [6.45, 7) is 5.64. The van der Waals surface area contributed by atoms with E-state index in [2.05, 4.69) is 24.3 Å². The van der Waals surface area contributed by atoms with Crippen molar-refractivity contribution >= 4 is 23.2 Å². The first-order valence-electron chi connectivity index (χ1n) is 11.3. The monoisotopic (exact) mass is 424 g/mol. The third kappa shape index (κ3) is 5.31. The van der Waals surface area contributed by atoms with E-state index in [1.807, 2.05) is 28.9 Å². The van der Waals surface area contributed by atoms with E-state index < -0.39 is 0 Å². The van der Waals surface area contributed by atoms with Gasteiger partial charge in [-0.15, -0.1) is 11.3 Å². The maximum atomic E-state index is 12.6. The molecule has 5 heteroatoms. The van der Waals surface area contributed by atoms with Crippen molar-refractivity contribution in [2.45, 2.75) is 51.9 Å². The zero-order chi connectivity index (χ0) is 20.9. The minimum absolute atomic E-state index is 0.194. The first-order chi connectivity index (χ1) is 14.6. The van der Waals surface area contributed by atoms with Gasteiger partial charge in [0.05, 0.1) is 4.88 Å². The van der Waals surface area contributed by atoms with Crippen LogP contribution in [0.4, 0.5) is 0 Å². The van der Waals surface area contributed by atoms with Crippen LogP contribution in [0.2, 0.25) is 0 Å². The molecule has 0 bridgehead atoms. The number of hydrogen-bond donors (Lipinski definition) is 0. The number of thiophene rings is 1. The van der Waals surface area contributed by atoms with E-state index in [4.69, 9.17) is 0 Å². The normalized spacial score (nSPS) is 17.5. The van der Waals surface area contributed by atoms with Gasteiger partial charge < -0.3 is 9.80 Å². The number of benzene rings is 1. The van der Waals surface area contributed by atoms with Crippen LogP contribution in [0.15, 0.2) is 36.4 Å². The van der Waals surface area contributed by atoms with Crippen LogP contribution in [-0.4, -0.2) is 47.8 Å². The molecule has 2 aromatic rings. The number of piperidine rings is 1. The Morgan fingerprint density at radius 1 is 0.900 bits per heavy atom. The van der Waals surface area contributed by atoms with Gasteiger partial charge in [0, 0.05) is 37.5 Å². The van der Waals surface area contributed by atoms with Crippen molar-refractivity contribution in [2.24, 2.45) is 5.92 Å². The van der Waals surface area contributed by atoms with Gasteiger partial charge in [-0.25, -0.2) is 0 Å². The predicted molar refractivity (Wildman–Crippen MR) is 122 cm³/mol. The fraction of sp³-hybridized carbons (Fsp3) is 0.520. The van der Waals surface area contributed by atoms with E-state index >= 15 is 0 Å². The average Bonchev–Trinajstić information content (AvgIpc) is 3.45. The number of rotatable bonds is 6. The summed E-state index contributed by atoms with van der Waals surface area (Å²) in [5.41, 5.74) is 2.61. The molecule has 2 amide bonds. The van der Waals surface area contributed by atoms with Crippen molar-refractivity contribution in [3.05, 3.63) is 57.3 Å². The molecule has 160 valence electrons. The van der Waals surface area contributed by atoms with Crippen molar-refractivity contribution in [2.75, 3.05) is 26.2 Å². The molecule has 3 heterocycles. The quantitative estimate of drug-likeness (QED) is 0.674. The molecule has 2 fully saturated rings. The van der Waals surface area contributed by atoms with Crippen LogP contribution >= 0.6 is 11.3 Å². The SMILES string of the molecule is Cc1ccc(C(=O)N2CCC(Cc3ccc(CCC(=O)N4CCCC4)cc3)CC2)s1. The van der Waals surface area contributed by atoms with Gasteiger partial charge >= 0.3 is 0 Å². The molecule has 0 atom stereocenters. The predicted octanol–water partition coefficient (Wildman–Crippen LogP) is 4.71. The summed E-state index contributed by atoms with van der Waals surface area (Å²) in [7, 11) is 0. The molecule has 0 unspecified atom stereocenters. The molecule has 1 aromatic heterocycles. The summed E-state index contributed by atoms with van der Waals surface area (Å²) in [6, 6.07) is 12.8. The van der Waals surface area contributed by atoms with Gasteiger partial charge in [0.15, 0.2) is 0 Å². The van der Waals surface area contributed by atoms with Crippen LogP contribution in [0, 0.1) is 12.8 Å². The van der Waals surface area contributed by atoms with Crippen LogP contribution in [0.5, 0.6) is 0 Å². The number of carbonyl (C=O) groups is 2. The van der Waals surface area contributed by atoms with E-state index in [0.29, 0.717) is 18.2 Å². The standard InChI is InChI=1S/C25H32N2O2S/c1-19-4-10-23(30-19)25(29)27-16-12-22(13-17-27)18-21-7-5-20(6-8-21)9-11-24(28)26-14-2-3-15-26/h4-8,10,22H,2-3,9,11-18H2,1H3. The lowest BCUT2D eigenvalue weighted by Crippen LogP contribution is -2.38. The highest BCUT2D eigenvalue weighted by Crippen LogP contribution is 2.25. The Kier molecular flexibility index (Phi) is 6.88. The molecule has 30 heavy (non-hydrogen) atoms. The number of hydrogen-bond acceptors (Lipinski definition) is 3. The lowest BCUT2D eigenvalue weighted by atomic mass is 9.89. The van der Waals surface area contributed by atoms with Gasteiger partial charge in [-0.1, -0.05) is 24.3 Å². The zero-order valence-electron chi connectivity index (χ0n) is 17.9. The summed E-state index contributed by atoms with van der Waals surface area (Å²) in [5, 5.41) is 0. The fourth-order valence-electron chi connectivity index (χ4n) is 4.60. The van der Waals surface area contributed by atoms with Crippen molar-refractivity contribution < 1.29 is 9.59 Å². The molecule has 1 aromatic carbocycles. The van der Waals surface area contributed by atoms with E-state index in [-0.39, 0.29) is 5.91 Å². The van der Waals surface area contributed by atoms with Gasteiger partial charge in [0.2, 0.25) is 5.91 Å². The third-order valence-corrected chi connectivity index (χ3v) is 7.48. The van der Waals surface area contributed by atoms with Gasteiger partial charge in [-0.05, 0) is 74.6 Å². The summed E-state index contributed by atoms with van der Waals surface area (Å²) in [5.74, 6) is 1.14. The molecule has 2 aliphatic rings. The minimum atomic E-state index is 0.194. The summed E-state index contributed by atoms with van der Waals surface area (Å²) in [6.07, 6.45) is 6.98. The highest BCUT2D eigenvalue weighted by atomic mass is 32.1. The lowest BCUT2D eigenvalue weighted by Gasteiger charge is -2.32. The topological polar surface area (TPSA) is 40.6 Å². The number of likely N-dealkylation sites (tertiary alicyclic amines) is 2. The molecule has 2 saturated heterocycles. The molecule has 4 nitrogen and oxygen atoms in total. The minimum Gasteiger partial charge on any atom is -0.343 e. The van der Waals surface area contributed by atoms with Gasteiger partial charge in [-0.2, -0.15) is 0 Å². The van der Waals surface area contributed by atoms with Crippen molar-refractivity contribution in [1.29, 1.82) is 0 Å². The number of carbonyl (C=O) groups excluding carboxylic acids is 2. The molecule has 0 saturated carbocycles. The van der Waals surface area contributed by atoms with Gasteiger partial charge in [0.25, 0.3) is 5.91 Å². The van der Waals surface area contributed by atoms with Crippen molar-refractivity contribution in [3.8, 4) is 0 Å². The molecule has 2 aliphatic heterocycles. The summed E-state index contributed by atoms with van der Waals surface area (Å²) >= 11 is 1.59. The number of aryl methyl sites for hydroxylation is 2. The smallest absolute Gasteiger partial charge is 0.263 e. The molecule has 0 spiro atoms. The molecule has 0 N–H and O–H groups in total. The fourth-order valence-corrected chi connectivity index (χ4v) is 5.43. The van der Waals surface area contributed by atoms with Crippen LogP contribution < -0.4 is 0 Å². The van der Waals surface area contributed by atoms with Crippen LogP contribution in [0.25, 0.3) is 0 Å². The Labute approximate surface area is 183 Å². The molecule has 4 rings (SSSR count). The Morgan fingerprint density at radius 3 is 2.20 bits per heavy atom. The second kappa shape index (κ2) is 9.78. The Bertz CT molecular complexity index is 860. The largest absolute Gasteiger partial charge is 0.343 e. The second-order valence-electron chi connectivity index (χ2n) is 8.75. The zero-order valence-corrected chi connectivity index (χ0v) is 18.8. The highest BCUT2D eigenvalue weighted by Gasteiger charge is 2.24. The number of nitrogens with zero attached hydrogens (tertiary/aromatic N) is 2. The highest BCUT2D eigenvalue weighted by molar-refractivity contribution is 7.13. The van der Waals surface area contributed by atoms with Gasteiger partial charge in [0.1, 0.15) is 0 Å². The van der Waals surface area contributed by atoms with E-state index in [0.717, 1.165) is 69.6 Å². The third-order valence-electron chi connectivity index (χ3n) is 6.49. The first-order valence-corrected chi connectivity index (χ1v) is 12.1. The van der Waals surface area contributed by atoms with E-state index in [1.165, 1.54) is 16.0 Å².